The van der Waals surface area contributed by atoms with Crippen LogP contribution in [0.3, 0.4) is 0 Å². The third-order valence-corrected chi connectivity index (χ3v) is 3.08. The molecule has 0 amide bonds. The average molecular weight is 298 g/mol. The van der Waals surface area contributed by atoms with E-state index in [1.54, 1.807) is 29.7 Å². The number of nitrogens with zero attached hydrogens (tertiary/aromatic N) is 4. The van der Waals surface area contributed by atoms with Gasteiger partial charge in [-0.05, 0) is 31.2 Å². The minimum Gasteiger partial charge on any atom is -0.478 e. The van der Waals surface area contributed by atoms with Crippen molar-refractivity contribution in [3.8, 4) is 0 Å². The van der Waals surface area contributed by atoms with Crippen molar-refractivity contribution in [2.45, 2.75) is 6.92 Å². The Labute approximate surface area is 124 Å². The van der Waals surface area contributed by atoms with Crippen LogP contribution >= 0.6 is 0 Å². The number of hydrogen-bond acceptors (Lipinski definition) is 4. The summed E-state index contributed by atoms with van der Waals surface area (Å²) in [5, 5.41) is 17.1. The van der Waals surface area contributed by atoms with Gasteiger partial charge in [-0.15, -0.1) is 10.2 Å². The Kier molecular flexibility index (Phi) is 3.38. The summed E-state index contributed by atoms with van der Waals surface area (Å²) in [4.78, 5) is 15.2. The molecule has 0 spiro atoms. The molecule has 0 saturated heterocycles. The zero-order valence-corrected chi connectivity index (χ0v) is 11.6. The van der Waals surface area contributed by atoms with Crippen LogP contribution in [0.2, 0.25) is 0 Å². The monoisotopic (exact) mass is 298 g/mol. The van der Waals surface area contributed by atoms with Crippen molar-refractivity contribution < 1.29 is 14.3 Å². The smallest absolute Gasteiger partial charge is 0.335 e. The number of aromatic carboxylic acids is 1. The number of carboxylic acids is 1. The van der Waals surface area contributed by atoms with E-state index in [4.69, 9.17) is 5.11 Å². The maximum Gasteiger partial charge on any atom is 0.335 e. The van der Waals surface area contributed by atoms with E-state index >= 15 is 0 Å². The van der Waals surface area contributed by atoms with Crippen molar-refractivity contribution in [2.75, 3.05) is 0 Å². The largest absolute Gasteiger partial charge is 0.478 e. The van der Waals surface area contributed by atoms with E-state index in [0.717, 1.165) is 0 Å². The zero-order valence-electron chi connectivity index (χ0n) is 11.6. The topological polar surface area (TPSA) is 79.3 Å². The number of pyridine rings is 1. The van der Waals surface area contributed by atoms with Gasteiger partial charge in [0.25, 0.3) is 0 Å². The van der Waals surface area contributed by atoms with Gasteiger partial charge in [0.15, 0.2) is 5.82 Å². The summed E-state index contributed by atoms with van der Waals surface area (Å²) in [6.07, 6.45) is 1.57. The molecular formula is C15H11FN4O2. The maximum absolute atomic E-state index is 13.1. The van der Waals surface area contributed by atoms with Crippen molar-refractivity contribution in [1.29, 1.82) is 0 Å². The molecule has 7 heteroatoms. The van der Waals surface area contributed by atoms with Crippen LogP contribution in [-0.2, 0) is 0 Å². The van der Waals surface area contributed by atoms with Crippen molar-refractivity contribution in [3.63, 3.8) is 0 Å². The van der Waals surface area contributed by atoms with Crippen LogP contribution in [0.1, 0.15) is 16.1 Å². The molecule has 2 aromatic heterocycles. The molecular weight excluding hydrogens is 287 g/mol. The molecule has 0 aliphatic rings. The Morgan fingerprint density at radius 1 is 1.27 bits per heavy atom. The Balaban J connectivity index is 2.03. The highest BCUT2D eigenvalue weighted by Gasteiger charge is 2.11. The number of halogens is 1. The van der Waals surface area contributed by atoms with Gasteiger partial charge in [-0.25, -0.2) is 14.2 Å². The summed E-state index contributed by atoms with van der Waals surface area (Å²) in [6.45, 7) is 1.74. The Bertz CT molecular complexity index is 902. The van der Waals surface area contributed by atoms with Crippen molar-refractivity contribution >= 4 is 23.1 Å². The first kappa shape index (κ1) is 13.9. The molecule has 0 bridgehead atoms. The summed E-state index contributed by atoms with van der Waals surface area (Å²) in [7, 11) is 0. The predicted molar refractivity (Wildman–Crippen MR) is 77.5 cm³/mol. The molecule has 2 heterocycles. The second-order valence-electron chi connectivity index (χ2n) is 4.65. The minimum atomic E-state index is -1.02. The number of carboxylic acid groups (broad SMARTS) is 1. The van der Waals surface area contributed by atoms with Crippen LogP contribution in [0.15, 0.2) is 52.8 Å². The maximum atomic E-state index is 13.1. The molecule has 0 fully saturated rings. The van der Waals surface area contributed by atoms with Crippen LogP contribution in [0, 0.1) is 12.7 Å². The number of rotatable bonds is 3. The second kappa shape index (κ2) is 5.36. The van der Waals surface area contributed by atoms with Gasteiger partial charge in [-0.3, -0.25) is 4.40 Å². The van der Waals surface area contributed by atoms with Gasteiger partial charge in [0.1, 0.15) is 11.5 Å². The molecule has 1 aromatic carbocycles. The number of benzene rings is 1. The fraction of sp³-hybridized carbons (Fsp3) is 0.0667. The SMILES string of the molecule is Cc1nc2cc(C(=O)O)ccn2c1N=Nc1cccc(F)c1. The van der Waals surface area contributed by atoms with E-state index in [0.29, 0.717) is 22.8 Å². The van der Waals surface area contributed by atoms with Gasteiger partial charge >= 0.3 is 5.97 Å². The number of imidazole rings is 1. The average Bonchev–Trinajstić information content (AvgIpc) is 2.79. The molecule has 6 nitrogen and oxygen atoms in total. The first-order valence-corrected chi connectivity index (χ1v) is 6.44. The molecule has 3 rings (SSSR count). The van der Waals surface area contributed by atoms with Gasteiger partial charge in [-0.2, -0.15) is 0 Å². The molecule has 3 aromatic rings. The van der Waals surface area contributed by atoms with Crippen LogP contribution in [0.4, 0.5) is 15.9 Å². The summed E-state index contributed by atoms with van der Waals surface area (Å²) in [5.74, 6) is -0.945. The van der Waals surface area contributed by atoms with E-state index in [-0.39, 0.29) is 5.56 Å². The van der Waals surface area contributed by atoms with Gasteiger partial charge in [0.2, 0.25) is 0 Å². The predicted octanol–water partition coefficient (Wildman–Crippen LogP) is 3.90. The summed E-state index contributed by atoms with van der Waals surface area (Å²) in [6, 6.07) is 8.68. The van der Waals surface area contributed by atoms with Gasteiger partial charge < -0.3 is 5.11 Å². The summed E-state index contributed by atoms with van der Waals surface area (Å²) < 4.78 is 14.7. The Morgan fingerprint density at radius 2 is 2.09 bits per heavy atom. The zero-order chi connectivity index (χ0) is 15.7. The van der Waals surface area contributed by atoms with E-state index < -0.39 is 11.8 Å². The van der Waals surface area contributed by atoms with E-state index in [1.807, 2.05) is 0 Å². The first-order chi connectivity index (χ1) is 10.5. The number of hydrogen-bond donors (Lipinski definition) is 1. The lowest BCUT2D eigenvalue weighted by atomic mass is 10.3. The highest BCUT2D eigenvalue weighted by molar-refractivity contribution is 5.88. The molecule has 0 radical (unpaired) electrons. The molecule has 0 unspecified atom stereocenters. The molecule has 0 saturated carbocycles. The highest BCUT2D eigenvalue weighted by atomic mass is 19.1. The second-order valence-corrected chi connectivity index (χ2v) is 4.65. The molecule has 0 atom stereocenters. The number of azo groups is 1. The van der Waals surface area contributed by atoms with Crippen molar-refractivity contribution in [3.05, 3.63) is 59.7 Å². The fourth-order valence-corrected chi connectivity index (χ4v) is 2.05. The molecule has 1 N–H and O–H groups in total. The summed E-state index contributed by atoms with van der Waals surface area (Å²) in [5.41, 5.74) is 1.59. The molecule has 0 aliphatic heterocycles. The fourth-order valence-electron chi connectivity index (χ4n) is 2.05. The van der Waals surface area contributed by atoms with Crippen molar-refractivity contribution in [1.82, 2.24) is 9.38 Å². The van der Waals surface area contributed by atoms with E-state index in [9.17, 15) is 9.18 Å². The van der Waals surface area contributed by atoms with Crippen LogP contribution in [0.25, 0.3) is 5.65 Å². The van der Waals surface area contributed by atoms with Gasteiger partial charge in [0.05, 0.1) is 16.9 Å². The van der Waals surface area contributed by atoms with Crippen LogP contribution in [0.5, 0.6) is 0 Å². The third kappa shape index (κ3) is 2.56. The lowest BCUT2D eigenvalue weighted by Crippen LogP contribution is -1.97. The number of aryl methyl sites for hydroxylation is 1. The number of carbonyl (C=O) groups is 1. The molecule has 110 valence electrons. The van der Waals surface area contributed by atoms with Gasteiger partial charge in [0, 0.05) is 12.3 Å². The van der Waals surface area contributed by atoms with Gasteiger partial charge in [-0.1, -0.05) is 6.07 Å². The number of aromatic nitrogens is 2. The third-order valence-electron chi connectivity index (χ3n) is 3.08. The standard InChI is InChI=1S/C15H11FN4O2/c1-9-14(19-18-12-4-2-3-11(16)8-12)20-6-5-10(15(21)22)7-13(20)17-9/h2-8H,1H3,(H,21,22). The number of fused-ring (bicyclic) bond motifs is 1. The molecule has 22 heavy (non-hydrogen) atoms. The van der Waals surface area contributed by atoms with Crippen LogP contribution < -0.4 is 0 Å². The van der Waals surface area contributed by atoms with E-state index in [2.05, 4.69) is 15.2 Å². The van der Waals surface area contributed by atoms with E-state index in [1.165, 1.54) is 24.3 Å². The normalized spacial score (nSPS) is 11.4. The Morgan fingerprint density at radius 3 is 2.82 bits per heavy atom. The highest BCUT2D eigenvalue weighted by Crippen LogP contribution is 2.24. The minimum absolute atomic E-state index is 0.145. The summed E-state index contributed by atoms with van der Waals surface area (Å²) >= 11 is 0. The first-order valence-electron chi connectivity index (χ1n) is 6.44. The van der Waals surface area contributed by atoms with Crippen molar-refractivity contribution in [2.24, 2.45) is 10.2 Å². The lowest BCUT2D eigenvalue weighted by molar-refractivity contribution is 0.0697. The molecule has 0 aliphatic carbocycles. The van der Waals surface area contributed by atoms with Crippen LogP contribution in [-0.4, -0.2) is 20.5 Å². The Hall–Kier alpha value is -3.09. The quantitative estimate of drug-likeness (QED) is 0.745. The lowest BCUT2D eigenvalue weighted by Gasteiger charge is -1.98.